The van der Waals surface area contributed by atoms with Crippen molar-refractivity contribution in [1.29, 1.82) is 0 Å². The van der Waals surface area contributed by atoms with Gasteiger partial charge < -0.3 is 20.1 Å². The zero-order chi connectivity index (χ0) is 20.3. The van der Waals surface area contributed by atoms with Gasteiger partial charge in [-0.15, -0.1) is 24.0 Å². The molecule has 2 aliphatic rings. The number of nitrogens with zero attached hydrogens (tertiary/aromatic N) is 2. The number of likely N-dealkylation sites (tertiary alicyclic amines) is 1. The Morgan fingerprint density at radius 2 is 2.17 bits per heavy atom. The van der Waals surface area contributed by atoms with Crippen molar-refractivity contribution in [3.05, 3.63) is 34.9 Å². The Hall–Kier alpha value is -0.610. The van der Waals surface area contributed by atoms with Crippen LogP contribution < -0.4 is 10.6 Å². The molecule has 0 amide bonds. The molecule has 2 N–H and O–H groups in total. The molecule has 2 atom stereocenters. The summed E-state index contributed by atoms with van der Waals surface area (Å²) in [7, 11) is 0. The molecule has 0 aromatic heterocycles. The lowest BCUT2D eigenvalue weighted by atomic mass is 10.1. The van der Waals surface area contributed by atoms with E-state index < -0.39 is 0 Å². The maximum Gasteiger partial charge on any atom is 0.191 e. The van der Waals surface area contributed by atoms with E-state index in [0.29, 0.717) is 6.54 Å². The number of benzene rings is 1. The molecule has 170 valence electrons. The highest BCUT2D eigenvalue weighted by atomic mass is 127. The third kappa shape index (κ3) is 8.49. The highest BCUT2D eigenvalue weighted by molar-refractivity contribution is 14.0. The van der Waals surface area contributed by atoms with Gasteiger partial charge in [-0.05, 0) is 63.4 Å². The number of aliphatic imine (C=N–C) groups is 1. The molecule has 0 saturated carbocycles. The Kier molecular flexibility index (Phi) is 12.4. The highest BCUT2D eigenvalue weighted by Gasteiger charge is 2.23. The van der Waals surface area contributed by atoms with Crippen molar-refractivity contribution < 1.29 is 9.47 Å². The van der Waals surface area contributed by atoms with Gasteiger partial charge in [-0.25, -0.2) is 0 Å². The number of ether oxygens (including phenoxy) is 2. The minimum Gasteiger partial charge on any atom is -0.379 e. The topological polar surface area (TPSA) is 58.1 Å². The van der Waals surface area contributed by atoms with E-state index in [1.54, 1.807) is 0 Å². The van der Waals surface area contributed by atoms with Gasteiger partial charge >= 0.3 is 0 Å². The molecule has 2 aliphatic heterocycles. The number of hydrogen-bond acceptors (Lipinski definition) is 4. The molecule has 1 aromatic carbocycles. The summed E-state index contributed by atoms with van der Waals surface area (Å²) in [5.41, 5.74) is 1.24. The molecule has 6 nitrogen and oxygen atoms in total. The van der Waals surface area contributed by atoms with E-state index in [4.69, 9.17) is 26.1 Å². The number of nitrogens with one attached hydrogen (secondary N) is 2. The lowest BCUT2D eigenvalue weighted by molar-refractivity contribution is 0.0420. The summed E-state index contributed by atoms with van der Waals surface area (Å²) in [4.78, 5) is 7.41. The zero-order valence-electron chi connectivity index (χ0n) is 17.9. The van der Waals surface area contributed by atoms with E-state index in [0.717, 1.165) is 69.8 Å². The summed E-state index contributed by atoms with van der Waals surface area (Å²) in [6.07, 6.45) is 4.75. The van der Waals surface area contributed by atoms with E-state index in [2.05, 4.69) is 34.6 Å². The van der Waals surface area contributed by atoms with E-state index in [9.17, 15) is 0 Å². The third-order valence-corrected chi connectivity index (χ3v) is 5.67. The smallest absolute Gasteiger partial charge is 0.191 e. The van der Waals surface area contributed by atoms with Gasteiger partial charge in [0.1, 0.15) is 0 Å². The molecular formula is C22H36ClIN4O2. The second kappa shape index (κ2) is 14.5. The average Bonchev–Trinajstić information content (AvgIpc) is 3.42. The van der Waals surface area contributed by atoms with Crippen LogP contribution in [0.1, 0.15) is 44.2 Å². The molecule has 1 aromatic rings. The van der Waals surface area contributed by atoms with Crippen molar-refractivity contribution in [2.45, 2.75) is 44.8 Å². The minimum atomic E-state index is 0. The second-order valence-electron chi connectivity index (χ2n) is 7.67. The fourth-order valence-corrected chi connectivity index (χ4v) is 4.09. The molecule has 30 heavy (non-hydrogen) atoms. The maximum absolute atomic E-state index is 6.25. The Morgan fingerprint density at radius 1 is 1.33 bits per heavy atom. The first-order chi connectivity index (χ1) is 14.3. The quantitative estimate of drug-likeness (QED) is 0.201. The normalized spacial score (nSPS) is 20.7. The van der Waals surface area contributed by atoms with Gasteiger partial charge in [0.15, 0.2) is 5.96 Å². The van der Waals surface area contributed by atoms with Crippen LogP contribution in [0.2, 0.25) is 5.02 Å². The van der Waals surface area contributed by atoms with Crippen molar-refractivity contribution in [2.75, 3.05) is 52.5 Å². The van der Waals surface area contributed by atoms with Crippen molar-refractivity contribution in [3.8, 4) is 0 Å². The maximum atomic E-state index is 6.25. The lowest BCUT2D eigenvalue weighted by Crippen LogP contribution is -2.39. The van der Waals surface area contributed by atoms with Crippen molar-refractivity contribution in [2.24, 2.45) is 4.99 Å². The van der Waals surface area contributed by atoms with Gasteiger partial charge in [0.25, 0.3) is 0 Å². The SMILES string of the molecule is CCNC(=NCC(c1cccc(Cl)c1)N1CCCC1)NCCCOC1CCOC1.I. The fourth-order valence-electron chi connectivity index (χ4n) is 3.89. The summed E-state index contributed by atoms with van der Waals surface area (Å²) >= 11 is 6.25. The minimum absolute atomic E-state index is 0. The molecule has 0 bridgehead atoms. The predicted octanol–water partition coefficient (Wildman–Crippen LogP) is 3.85. The molecule has 2 fully saturated rings. The highest BCUT2D eigenvalue weighted by Crippen LogP contribution is 2.27. The molecule has 0 spiro atoms. The van der Waals surface area contributed by atoms with Crippen LogP contribution >= 0.6 is 35.6 Å². The summed E-state index contributed by atoms with van der Waals surface area (Å²) in [5.74, 6) is 0.864. The van der Waals surface area contributed by atoms with Gasteiger partial charge in [0, 0.05) is 31.3 Å². The molecule has 2 heterocycles. The average molecular weight is 551 g/mol. The Morgan fingerprint density at radius 3 is 2.87 bits per heavy atom. The molecule has 2 saturated heterocycles. The first-order valence-electron chi connectivity index (χ1n) is 11.0. The van der Waals surface area contributed by atoms with Crippen LogP contribution in [0.3, 0.4) is 0 Å². The Balaban J connectivity index is 0.00000320. The van der Waals surface area contributed by atoms with Crippen molar-refractivity contribution >= 4 is 41.5 Å². The standard InChI is InChI=1S/C22H35ClN4O2.HI/c1-2-24-22(25-10-6-13-29-20-9-14-28-17-20)26-16-21(27-11-3-4-12-27)18-7-5-8-19(23)15-18;/h5,7-8,15,20-21H,2-4,6,9-14,16-17H2,1H3,(H2,24,25,26);1H. The van der Waals surface area contributed by atoms with E-state index in [-0.39, 0.29) is 36.1 Å². The molecule has 0 aliphatic carbocycles. The molecular weight excluding hydrogens is 515 g/mol. The Labute approximate surface area is 203 Å². The van der Waals surface area contributed by atoms with E-state index >= 15 is 0 Å². The van der Waals surface area contributed by atoms with Gasteiger partial charge in [0.2, 0.25) is 0 Å². The second-order valence-corrected chi connectivity index (χ2v) is 8.11. The van der Waals surface area contributed by atoms with Crippen LogP contribution in [-0.4, -0.2) is 69.5 Å². The summed E-state index contributed by atoms with van der Waals surface area (Å²) in [6.45, 7) is 9.04. The number of guanidine groups is 1. The first-order valence-corrected chi connectivity index (χ1v) is 11.3. The molecule has 8 heteroatoms. The number of halogens is 2. The fraction of sp³-hybridized carbons (Fsp3) is 0.682. The van der Waals surface area contributed by atoms with Crippen LogP contribution in [0, 0.1) is 0 Å². The van der Waals surface area contributed by atoms with Crippen LogP contribution in [0.25, 0.3) is 0 Å². The molecule has 3 rings (SSSR count). The van der Waals surface area contributed by atoms with Crippen molar-refractivity contribution in [1.82, 2.24) is 15.5 Å². The number of rotatable bonds is 10. The monoisotopic (exact) mass is 550 g/mol. The van der Waals surface area contributed by atoms with Crippen molar-refractivity contribution in [3.63, 3.8) is 0 Å². The van der Waals surface area contributed by atoms with E-state index in [1.165, 1.54) is 18.4 Å². The van der Waals surface area contributed by atoms with Crippen LogP contribution in [0.15, 0.2) is 29.3 Å². The van der Waals surface area contributed by atoms with Gasteiger partial charge in [-0.1, -0.05) is 23.7 Å². The van der Waals surface area contributed by atoms with Crippen LogP contribution in [0.5, 0.6) is 0 Å². The zero-order valence-corrected chi connectivity index (χ0v) is 21.0. The van der Waals surface area contributed by atoms with Gasteiger partial charge in [-0.2, -0.15) is 0 Å². The lowest BCUT2D eigenvalue weighted by Gasteiger charge is -2.27. The molecule has 2 unspecified atom stereocenters. The summed E-state index contributed by atoms with van der Waals surface area (Å²) in [6, 6.07) is 8.46. The molecule has 0 radical (unpaired) electrons. The summed E-state index contributed by atoms with van der Waals surface area (Å²) in [5, 5.41) is 7.58. The number of hydrogen-bond donors (Lipinski definition) is 2. The van der Waals surface area contributed by atoms with E-state index in [1.807, 2.05) is 12.1 Å². The summed E-state index contributed by atoms with van der Waals surface area (Å²) < 4.78 is 11.2. The van der Waals surface area contributed by atoms with Crippen LogP contribution in [-0.2, 0) is 9.47 Å². The third-order valence-electron chi connectivity index (χ3n) is 5.44. The predicted molar refractivity (Wildman–Crippen MR) is 134 cm³/mol. The van der Waals surface area contributed by atoms with Gasteiger partial charge in [0.05, 0.1) is 25.3 Å². The largest absolute Gasteiger partial charge is 0.379 e. The Bertz CT molecular complexity index is 637. The van der Waals surface area contributed by atoms with Crippen LogP contribution in [0.4, 0.5) is 0 Å². The first kappa shape index (κ1) is 25.6. The van der Waals surface area contributed by atoms with Gasteiger partial charge in [-0.3, -0.25) is 9.89 Å².